The molecule has 0 radical (unpaired) electrons. The zero-order valence-corrected chi connectivity index (χ0v) is 35.1. The van der Waals surface area contributed by atoms with Crippen LogP contribution in [0.4, 0.5) is 0 Å². The van der Waals surface area contributed by atoms with Crippen molar-refractivity contribution in [3.8, 4) is 34.3 Å². The largest absolute Gasteiger partial charge is 0.313 e. The van der Waals surface area contributed by atoms with Crippen LogP contribution in [0.25, 0.3) is 94.9 Å². The minimum absolute atomic E-state index is 0.206. The second kappa shape index (κ2) is 12.8. The van der Waals surface area contributed by atoms with Crippen molar-refractivity contribution in [1.29, 1.82) is 5.26 Å². The molecule has 3 aromatic heterocycles. The molecule has 0 aliphatic heterocycles. The van der Waals surface area contributed by atoms with E-state index in [9.17, 15) is 5.26 Å². The molecule has 0 bridgehead atoms. The van der Waals surface area contributed by atoms with Crippen LogP contribution in [0, 0.1) is 25.2 Å². The SMILES string of the molecule is C/C=C\c1c(C)n(-c2cc(C#N)c(-n3c4ccc(-n5c6ccccc6c6ccccc65)cc4c4c5c(ccc43)C=CCC5)cc2C)c2c3c(ccc12)-c1ccccc1C3(C)C. The summed E-state index contributed by atoms with van der Waals surface area (Å²) in [5.74, 6) is 0. The molecule has 0 N–H and O–H groups in total. The fourth-order valence-corrected chi connectivity index (χ4v) is 11.3. The topological polar surface area (TPSA) is 38.6 Å². The molecule has 2 aliphatic rings. The molecule has 0 saturated carbocycles. The van der Waals surface area contributed by atoms with Gasteiger partial charge in [-0.05, 0) is 121 Å². The van der Waals surface area contributed by atoms with Gasteiger partial charge in [0.1, 0.15) is 6.07 Å². The number of fused-ring (bicyclic) bond motifs is 13. The fraction of sp³-hybridized carbons (Fsp3) is 0.140. The third-order valence-electron chi connectivity index (χ3n) is 13.9. The van der Waals surface area contributed by atoms with Crippen molar-refractivity contribution in [3.63, 3.8) is 0 Å². The van der Waals surface area contributed by atoms with E-state index in [0.29, 0.717) is 5.56 Å². The van der Waals surface area contributed by atoms with Crippen LogP contribution in [0.3, 0.4) is 0 Å². The molecule has 0 spiro atoms. The summed E-state index contributed by atoms with van der Waals surface area (Å²) in [5.41, 5.74) is 20.8. The quantitative estimate of drug-likeness (QED) is 0.175. The highest BCUT2D eigenvalue weighted by atomic mass is 15.0. The standard InChI is InChI=1S/C57H44N4/c1-6-15-39-35(3)59(56-45(39)27-26-44-41-18-9-12-21-47(41)57(4,5)55(44)56)52-31-37(33-58)53(30-34(52)2)61-50-29-25-38(32-46(50)54-40-17-8-7-16-36(40)24-28-51(54)61)60-48-22-13-10-19-42(48)43-20-11-14-23-49(43)60/h6-7,9-16,18-32H,8,17H2,1-5H3/b15-6-. The molecule has 2 aliphatic carbocycles. The van der Waals surface area contributed by atoms with Crippen molar-refractivity contribution < 1.29 is 0 Å². The highest BCUT2D eigenvalue weighted by molar-refractivity contribution is 6.14. The summed E-state index contributed by atoms with van der Waals surface area (Å²) in [7, 11) is 0. The van der Waals surface area contributed by atoms with Crippen molar-refractivity contribution in [1.82, 2.24) is 13.7 Å². The molecule has 4 heteroatoms. The van der Waals surface area contributed by atoms with Gasteiger partial charge in [0.15, 0.2) is 0 Å². The predicted molar refractivity (Wildman–Crippen MR) is 256 cm³/mol. The van der Waals surface area contributed by atoms with E-state index in [2.05, 4.69) is 206 Å². The molecule has 0 atom stereocenters. The first kappa shape index (κ1) is 35.6. The number of allylic oxidation sites excluding steroid dienone is 2. The maximum Gasteiger partial charge on any atom is 0.101 e. The summed E-state index contributed by atoms with van der Waals surface area (Å²) in [4.78, 5) is 0. The molecule has 61 heavy (non-hydrogen) atoms. The Morgan fingerprint density at radius 2 is 1.38 bits per heavy atom. The number of aryl methyl sites for hydroxylation is 2. The number of rotatable bonds is 4. The van der Waals surface area contributed by atoms with Crippen molar-refractivity contribution in [2.45, 2.75) is 52.9 Å². The zero-order valence-electron chi connectivity index (χ0n) is 35.1. The lowest BCUT2D eigenvalue weighted by atomic mass is 9.81. The molecule has 3 heterocycles. The number of para-hydroxylation sites is 2. The Hall–Kier alpha value is -7.35. The molecule has 292 valence electrons. The fourth-order valence-electron chi connectivity index (χ4n) is 11.3. The smallest absolute Gasteiger partial charge is 0.101 e. The lowest BCUT2D eigenvalue weighted by Crippen LogP contribution is -2.17. The van der Waals surface area contributed by atoms with Crippen molar-refractivity contribution in [2.75, 3.05) is 0 Å². The number of aromatic nitrogens is 3. The van der Waals surface area contributed by atoms with Crippen molar-refractivity contribution in [3.05, 3.63) is 184 Å². The number of hydrogen-bond donors (Lipinski definition) is 0. The molecule has 0 unspecified atom stereocenters. The second-order valence-electron chi connectivity index (χ2n) is 17.5. The average Bonchev–Trinajstić information content (AvgIpc) is 3.96. The van der Waals surface area contributed by atoms with Crippen LogP contribution >= 0.6 is 0 Å². The first-order chi connectivity index (χ1) is 29.8. The van der Waals surface area contributed by atoms with Gasteiger partial charge in [0.05, 0.1) is 44.5 Å². The molecule has 7 aromatic carbocycles. The summed E-state index contributed by atoms with van der Waals surface area (Å²) in [5, 5.41) is 17.4. The molecular formula is C57H44N4. The lowest BCUT2D eigenvalue weighted by molar-refractivity contribution is 0.663. The van der Waals surface area contributed by atoms with Gasteiger partial charge in [0.25, 0.3) is 0 Å². The van der Waals surface area contributed by atoms with Crippen molar-refractivity contribution >= 4 is 66.7 Å². The zero-order chi connectivity index (χ0) is 41.3. The molecular weight excluding hydrogens is 741 g/mol. The maximum atomic E-state index is 11.2. The molecule has 12 rings (SSSR count). The van der Waals surface area contributed by atoms with E-state index in [-0.39, 0.29) is 5.41 Å². The van der Waals surface area contributed by atoms with Crippen LogP contribution in [0.2, 0.25) is 0 Å². The highest BCUT2D eigenvalue weighted by Gasteiger charge is 2.39. The van der Waals surface area contributed by atoms with Crippen LogP contribution in [0.5, 0.6) is 0 Å². The molecule has 0 fully saturated rings. The van der Waals surface area contributed by atoms with Gasteiger partial charge in [-0.15, -0.1) is 0 Å². The van der Waals surface area contributed by atoms with Crippen LogP contribution in [-0.4, -0.2) is 13.7 Å². The highest BCUT2D eigenvalue weighted by Crippen LogP contribution is 2.53. The molecule has 10 aromatic rings. The van der Waals surface area contributed by atoms with E-state index in [1.54, 1.807) is 0 Å². The third-order valence-corrected chi connectivity index (χ3v) is 13.9. The Balaban J connectivity index is 1.13. The monoisotopic (exact) mass is 784 g/mol. The Morgan fingerprint density at radius 1 is 0.656 bits per heavy atom. The van der Waals surface area contributed by atoms with Crippen LogP contribution in [0.15, 0.2) is 140 Å². The van der Waals surface area contributed by atoms with Crippen LogP contribution < -0.4 is 0 Å². The lowest BCUT2D eigenvalue weighted by Gasteiger charge is -2.24. The van der Waals surface area contributed by atoms with E-state index in [0.717, 1.165) is 46.5 Å². The normalized spacial score (nSPS) is 14.2. The van der Waals surface area contributed by atoms with E-state index in [1.807, 2.05) is 0 Å². The van der Waals surface area contributed by atoms with E-state index in [1.165, 1.54) is 88.1 Å². The summed E-state index contributed by atoms with van der Waals surface area (Å²) in [6.07, 6.45) is 10.9. The minimum atomic E-state index is -0.206. The first-order valence-corrected chi connectivity index (χ1v) is 21.5. The summed E-state index contributed by atoms with van der Waals surface area (Å²) in [6, 6.07) is 49.5. The van der Waals surface area contributed by atoms with Gasteiger partial charge in [0, 0.05) is 49.3 Å². The predicted octanol–water partition coefficient (Wildman–Crippen LogP) is 14.6. The number of benzene rings is 7. The van der Waals surface area contributed by atoms with Crippen LogP contribution in [0.1, 0.15) is 71.8 Å². The Morgan fingerprint density at radius 3 is 2.15 bits per heavy atom. The Bertz CT molecular complexity index is 3610. The van der Waals surface area contributed by atoms with Gasteiger partial charge in [0.2, 0.25) is 0 Å². The summed E-state index contributed by atoms with van der Waals surface area (Å²) in [6.45, 7) is 11.3. The maximum absolute atomic E-state index is 11.2. The number of hydrogen-bond acceptors (Lipinski definition) is 1. The average molecular weight is 785 g/mol. The van der Waals surface area contributed by atoms with Gasteiger partial charge in [-0.2, -0.15) is 5.26 Å². The number of nitriles is 1. The van der Waals surface area contributed by atoms with E-state index in [4.69, 9.17) is 0 Å². The summed E-state index contributed by atoms with van der Waals surface area (Å²) >= 11 is 0. The van der Waals surface area contributed by atoms with E-state index < -0.39 is 0 Å². The second-order valence-corrected chi connectivity index (χ2v) is 17.5. The first-order valence-electron chi connectivity index (χ1n) is 21.5. The third kappa shape index (κ3) is 4.75. The molecule has 4 nitrogen and oxygen atoms in total. The summed E-state index contributed by atoms with van der Waals surface area (Å²) < 4.78 is 7.21. The number of nitrogens with zero attached hydrogens (tertiary/aromatic N) is 4. The van der Waals surface area contributed by atoms with Gasteiger partial charge < -0.3 is 13.7 Å². The minimum Gasteiger partial charge on any atom is -0.313 e. The van der Waals surface area contributed by atoms with Crippen LogP contribution in [-0.2, 0) is 11.8 Å². The van der Waals surface area contributed by atoms with Gasteiger partial charge >= 0.3 is 0 Å². The van der Waals surface area contributed by atoms with Gasteiger partial charge in [-0.3, -0.25) is 0 Å². The van der Waals surface area contributed by atoms with Gasteiger partial charge in [-0.25, -0.2) is 0 Å². The Labute approximate surface area is 355 Å². The Kier molecular flexibility index (Phi) is 7.48. The molecule has 0 amide bonds. The molecule has 0 saturated heterocycles. The van der Waals surface area contributed by atoms with E-state index >= 15 is 0 Å². The van der Waals surface area contributed by atoms with Crippen molar-refractivity contribution in [2.24, 2.45) is 0 Å². The van der Waals surface area contributed by atoms with Gasteiger partial charge in [-0.1, -0.05) is 117 Å².